The summed E-state index contributed by atoms with van der Waals surface area (Å²) in [4.78, 5) is 24.3. The minimum absolute atomic E-state index is 0.0216. The van der Waals surface area contributed by atoms with E-state index in [-0.39, 0.29) is 11.6 Å². The second kappa shape index (κ2) is 8.84. The maximum absolute atomic E-state index is 15.4. The van der Waals surface area contributed by atoms with Gasteiger partial charge in [-0.1, -0.05) is 29.5 Å². The molecule has 8 nitrogen and oxygen atoms in total. The van der Waals surface area contributed by atoms with Crippen molar-refractivity contribution in [2.45, 2.75) is 18.9 Å². The summed E-state index contributed by atoms with van der Waals surface area (Å²) in [5, 5.41) is 13.5. The zero-order valence-electron chi connectivity index (χ0n) is 18.8. The summed E-state index contributed by atoms with van der Waals surface area (Å²) in [6.07, 6.45) is 5.12. The first-order valence-corrected chi connectivity index (χ1v) is 11.5. The molecule has 174 valence electrons. The highest BCUT2D eigenvalue weighted by molar-refractivity contribution is 6.07. The van der Waals surface area contributed by atoms with Gasteiger partial charge in [0.25, 0.3) is 5.91 Å². The lowest BCUT2D eigenvalue weighted by atomic mass is 10.0. The number of hydrogen-bond acceptors (Lipinski definition) is 6. The van der Waals surface area contributed by atoms with E-state index in [2.05, 4.69) is 25.6 Å². The smallest absolute Gasteiger partial charge is 0.262 e. The molecule has 2 aromatic carbocycles. The lowest BCUT2D eigenvalue weighted by Crippen LogP contribution is -2.49. The van der Waals surface area contributed by atoms with Gasteiger partial charge in [-0.25, -0.2) is 14.4 Å². The van der Waals surface area contributed by atoms with Gasteiger partial charge in [-0.05, 0) is 55.1 Å². The number of pyridine rings is 2. The molecule has 1 N–H and O–H groups in total. The van der Waals surface area contributed by atoms with Gasteiger partial charge in [0.1, 0.15) is 17.2 Å². The van der Waals surface area contributed by atoms with Crippen molar-refractivity contribution in [2.75, 3.05) is 18.0 Å². The normalized spacial score (nSPS) is 16.0. The van der Waals surface area contributed by atoms with Crippen LogP contribution in [0.5, 0.6) is 0 Å². The average molecular weight is 468 g/mol. The zero-order chi connectivity index (χ0) is 23.8. The molecule has 5 aromatic rings. The van der Waals surface area contributed by atoms with E-state index in [4.69, 9.17) is 0 Å². The van der Waals surface area contributed by atoms with Crippen molar-refractivity contribution in [1.82, 2.24) is 30.3 Å². The van der Waals surface area contributed by atoms with Gasteiger partial charge < -0.3 is 5.32 Å². The van der Waals surface area contributed by atoms with E-state index in [0.29, 0.717) is 29.2 Å². The summed E-state index contributed by atoms with van der Waals surface area (Å²) in [6, 6.07) is 17.6. The molecular formula is C26H22FN7O. The Morgan fingerprint density at radius 1 is 1.06 bits per heavy atom. The van der Waals surface area contributed by atoms with E-state index in [1.54, 1.807) is 35.5 Å². The van der Waals surface area contributed by atoms with E-state index in [0.717, 1.165) is 30.2 Å². The molecule has 0 aliphatic carbocycles. The molecule has 0 radical (unpaired) electrons. The fraction of sp³-hybridized carbons (Fsp3) is 0.192. The van der Waals surface area contributed by atoms with E-state index in [9.17, 15) is 4.79 Å². The number of carbonyl (C=O) groups is 1. The second-order valence-corrected chi connectivity index (χ2v) is 8.58. The molecule has 1 amide bonds. The molecule has 35 heavy (non-hydrogen) atoms. The van der Waals surface area contributed by atoms with Gasteiger partial charge in [0.15, 0.2) is 5.65 Å². The molecule has 0 bridgehead atoms. The largest absolute Gasteiger partial charge is 0.315 e. The number of carbonyl (C=O) groups excluding carboxylic acids is 1. The number of benzene rings is 2. The topological polar surface area (TPSA) is 88.8 Å². The number of piperidine rings is 1. The van der Waals surface area contributed by atoms with Crippen molar-refractivity contribution in [1.29, 1.82) is 0 Å². The Kier molecular flexibility index (Phi) is 5.38. The SMILES string of the molecule is O=C(c1ccc(-n2nnc3cccnc32)cc1F)N(c1cc2ccccc2cn1)[C@@H]1CCCNC1. The molecule has 0 saturated carbocycles. The number of fused-ring (bicyclic) bond motifs is 2. The molecule has 1 aliphatic rings. The van der Waals surface area contributed by atoms with E-state index in [1.807, 2.05) is 30.3 Å². The molecule has 0 spiro atoms. The first-order chi connectivity index (χ1) is 17.2. The molecule has 3 aromatic heterocycles. The van der Waals surface area contributed by atoms with Gasteiger partial charge in [0, 0.05) is 30.4 Å². The number of amides is 1. The van der Waals surface area contributed by atoms with Crippen LogP contribution in [-0.2, 0) is 0 Å². The number of aromatic nitrogens is 5. The lowest BCUT2D eigenvalue weighted by molar-refractivity contribution is 0.0967. The Hall–Kier alpha value is -4.24. The predicted molar refractivity (Wildman–Crippen MR) is 131 cm³/mol. The fourth-order valence-electron chi connectivity index (χ4n) is 4.59. The monoisotopic (exact) mass is 467 g/mol. The molecule has 6 rings (SSSR count). The van der Waals surface area contributed by atoms with Gasteiger partial charge >= 0.3 is 0 Å². The molecule has 0 unspecified atom stereocenters. The van der Waals surface area contributed by atoms with Crippen LogP contribution in [0.4, 0.5) is 10.2 Å². The van der Waals surface area contributed by atoms with Crippen LogP contribution in [0.3, 0.4) is 0 Å². The van der Waals surface area contributed by atoms with E-state index >= 15 is 4.39 Å². The number of anilines is 1. The number of rotatable bonds is 4. The second-order valence-electron chi connectivity index (χ2n) is 8.58. The molecule has 1 saturated heterocycles. The van der Waals surface area contributed by atoms with Gasteiger partial charge in [-0.3, -0.25) is 9.69 Å². The van der Waals surface area contributed by atoms with Crippen LogP contribution in [0.15, 0.2) is 73.1 Å². The Labute approximate surface area is 200 Å². The van der Waals surface area contributed by atoms with Crippen molar-refractivity contribution in [2.24, 2.45) is 0 Å². The maximum Gasteiger partial charge on any atom is 0.262 e. The molecular weight excluding hydrogens is 445 g/mol. The number of nitrogens with one attached hydrogen (secondary N) is 1. The van der Waals surface area contributed by atoms with Crippen LogP contribution in [-0.4, -0.2) is 50.0 Å². The fourth-order valence-corrected chi connectivity index (χ4v) is 4.59. The third kappa shape index (κ3) is 3.89. The molecule has 9 heteroatoms. The highest BCUT2D eigenvalue weighted by atomic mass is 19.1. The number of nitrogens with zero attached hydrogens (tertiary/aromatic N) is 6. The highest BCUT2D eigenvalue weighted by Crippen LogP contribution is 2.27. The first-order valence-electron chi connectivity index (χ1n) is 11.5. The van der Waals surface area contributed by atoms with Gasteiger partial charge in [-0.15, -0.1) is 5.10 Å². The molecule has 1 atom stereocenters. The summed E-state index contributed by atoms with van der Waals surface area (Å²) in [6.45, 7) is 1.52. The third-order valence-corrected chi connectivity index (χ3v) is 6.35. The minimum Gasteiger partial charge on any atom is -0.315 e. The first kappa shape index (κ1) is 21.3. The zero-order valence-corrected chi connectivity index (χ0v) is 18.8. The van der Waals surface area contributed by atoms with Crippen LogP contribution in [0.25, 0.3) is 27.6 Å². The predicted octanol–water partition coefficient (Wildman–Crippen LogP) is 3.90. The summed E-state index contributed by atoms with van der Waals surface area (Å²) in [5.41, 5.74) is 1.54. The quantitative estimate of drug-likeness (QED) is 0.431. The lowest BCUT2D eigenvalue weighted by Gasteiger charge is -2.34. The maximum atomic E-state index is 15.4. The third-order valence-electron chi connectivity index (χ3n) is 6.35. The Morgan fingerprint density at radius 3 is 2.77 bits per heavy atom. The van der Waals surface area contributed by atoms with Gasteiger partial charge in [-0.2, -0.15) is 4.68 Å². The van der Waals surface area contributed by atoms with Crippen LogP contribution < -0.4 is 10.2 Å². The van der Waals surface area contributed by atoms with Crippen molar-refractivity contribution < 1.29 is 9.18 Å². The molecule has 1 fully saturated rings. The summed E-state index contributed by atoms with van der Waals surface area (Å²) in [7, 11) is 0. The van der Waals surface area contributed by atoms with Crippen LogP contribution in [0, 0.1) is 5.82 Å². The van der Waals surface area contributed by atoms with Gasteiger partial charge in [0.2, 0.25) is 0 Å². The standard InChI is InChI=1S/C26H22FN7O/c27-22-14-19(34-25-23(31-32-34)8-4-12-29-25)9-10-21(22)26(35)33(20-7-3-11-28-16-20)24-13-17-5-1-2-6-18(17)15-30-24/h1-2,4-6,8-10,12-15,20,28H,3,7,11,16H2/t20-/m1/s1. The van der Waals surface area contributed by atoms with Crippen molar-refractivity contribution in [3.63, 3.8) is 0 Å². The van der Waals surface area contributed by atoms with Crippen molar-refractivity contribution in [3.05, 3.63) is 84.4 Å². The average Bonchev–Trinajstić information content (AvgIpc) is 3.33. The van der Waals surface area contributed by atoms with Crippen molar-refractivity contribution >= 4 is 33.7 Å². The molecule has 1 aliphatic heterocycles. The van der Waals surface area contributed by atoms with E-state index in [1.165, 1.54) is 16.8 Å². The van der Waals surface area contributed by atoms with Crippen LogP contribution in [0.1, 0.15) is 23.2 Å². The minimum atomic E-state index is -0.637. The Balaban J connectivity index is 1.39. The summed E-state index contributed by atoms with van der Waals surface area (Å²) < 4.78 is 16.9. The summed E-state index contributed by atoms with van der Waals surface area (Å²) >= 11 is 0. The Morgan fingerprint density at radius 2 is 1.94 bits per heavy atom. The molecule has 4 heterocycles. The Bertz CT molecular complexity index is 1540. The van der Waals surface area contributed by atoms with Gasteiger partial charge in [0.05, 0.1) is 17.3 Å². The van der Waals surface area contributed by atoms with Crippen LogP contribution in [0.2, 0.25) is 0 Å². The van der Waals surface area contributed by atoms with E-state index < -0.39 is 11.7 Å². The summed E-state index contributed by atoms with van der Waals surface area (Å²) in [5.74, 6) is -0.550. The number of halogens is 1. The van der Waals surface area contributed by atoms with Crippen LogP contribution >= 0.6 is 0 Å². The highest BCUT2D eigenvalue weighted by Gasteiger charge is 2.30. The number of hydrogen-bond donors (Lipinski definition) is 1. The van der Waals surface area contributed by atoms with Crippen molar-refractivity contribution in [3.8, 4) is 5.69 Å².